The molecule has 0 fully saturated rings. The molecule has 1 aliphatic rings. The van der Waals surface area contributed by atoms with Gasteiger partial charge in [-0.05, 0) is 60.9 Å². The molecular weight excluding hydrogens is 491 g/mol. The van der Waals surface area contributed by atoms with Gasteiger partial charge in [0.2, 0.25) is 0 Å². The second kappa shape index (κ2) is 11.5. The number of hydrogen-bond donors (Lipinski definition) is 3. The van der Waals surface area contributed by atoms with Gasteiger partial charge in [-0.15, -0.1) is 0 Å². The highest BCUT2D eigenvalue weighted by Crippen LogP contribution is 2.41. The van der Waals surface area contributed by atoms with Gasteiger partial charge in [0.05, 0.1) is 5.56 Å². The summed E-state index contributed by atoms with van der Waals surface area (Å²) in [7, 11) is 0. The summed E-state index contributed by atoms with van der Waals surface area (Å²) < 4.78 is 57.4. The molecule has 1 unspecified atom stereocenters. The van der Waals surface area contributed by atoms with Gasteiger partial charge in [0, 0.05) is 13.1 Å². The number of aliphatic hydroxyl groups is 1. The van der Waals surface area contributed by atoms with Gasteiger partial charge in [0.1, 0.15) is 41.6 Å². The van der Waals surface area contributed by atoms with Gasteiger partial charge in [0.15, 0.2) is 5.75 Å². The number of carbonyl (C=O) groups is 1. The molecule has 196 valence electrons. The van der Waals surface area contributed by atoms with E-state index in [0.717, 1.165) is 23.8 Å². The number of aryl methyl sites for hydroxylation is 1. The molecule has 10 heteroatoms. The van der Waals surface area contributed by atoms with E-state index in [1.807, 2.05) is 30.3 Å². The number of alkyl halides is 3. The molecule has 2 atom stereocenters. The van der Waals surface area contributed by atoms with Crippen molar-refractivity contribution in [1.82, 2.24) is 5.32 Å². The molecule has 7 nitrogen and oxygen atoms in total. The number of nitrogens with one attached hydrogen (secondary N) is 1. The molecular formula is C27H26F3NO6. The van der Waals surface area contributed by atoms with Crippen LogP contribution in [0.5, 0.6) is 23.0 Å². The summed E-state index contributed by atoms with van der Waals surface area (Å²) in [6.45, 7) is 0.951. The third-order valence-corrected chi connectivity index (χ3v) is 5.77. The molecule has 0 spiro atoms. The predicted molar refractivity (Wildman–Crippen MR) is 128 cm³/mol. The Morgan fingerprint density at radius 3 is 2.59 bits per heavy atom. The number of rotatable bonds is 10. The largest absolute Gasteiger partial charge is 0.491 e. The lowest BCUT2D eigenvalue weighted by atomic mass is 10.0. The topological polar surface area (TPSA) is 97.3 Å². The molecule has 3 aromatic rings. The zero-order valence-electron chi connectivity index (χ0n) is 19.7. The quantitative estimate of drug-likeness (QED) is 0.351. The first-order valence-electron chi connectivity index (χ1n) is 11.7. The Morgan fingerprint density at radius 1 is 1.08 bits per heavy atom. The summed E-state index contributed by atoms with van der Waals surface area (Å²) in [4.78, 5) is 11.5. The highest BCUT2D eigenvalue weighted by atomic mass is 19.4. The third-order valence-electron chi connectivity index (χ3n) is 5.77. The van der Waals surface area contributed by atoms with Crippen molar-refractivity contribution in [2.45, 2.75) is 31.2 Å². The van der Waals surface area contributed by atoms with Crippen LogP contribution in [0.1, 0.15) is 27.9 Å². The van der Waals surface area contributed by atoms with Gasteiger partial charge in [-0.25, -0.2) is 4.79 Å². The Labute approximate surface area is 211 Å². The minimum absolute atomic E-state index is 0.0830. The van der Waals surface area contributed by atoms with E-state index >= 15 is 0 Å². The average molecular weight is 518 g/mol. The van der Waals surface area contributed by atoms with Gasteiger partial charge in [-0.3, -0.25) is 0 Å². The van der Waals surface area contributed by atoms with Gasteiger partial charge < -0.3 is 29.7 Å². The Hall–Kier alpha value is -3.76. The number of ether oxygens (including phenoxy) is 3. The molecule has 37 heavy (non-hydrogen) atoms. The number of carboxylic acid groups (broad SMARTS) is 1. The molecule has 0 aromatic heterocycles. The van der Waals surface area contributed by atoms with Crippen molar-refractivity contribution >= 4 is 5.97 Å². The molecule has 3 aromatic carbocycles. The van der Waals surface area contributed by atoms with Crippen LogP contribution in [0.4, 0.5) is 13.2 Å². The van der Waals surface area contributed by atoms with Crippen molar-refractivity contribution < 1.29 is 42.4 Å². The molecule has 0 bridgehead atoms. The van der Waals surface area contributed by atoms with Crippen molar-refractivity contribution in [3.8, 4) is 23.0 Å². The van der Waals surface area contributed by atoms with Crippen LogP contribution in [0.15, 0.2) is 66.7 Å². The third kappa shape index (κ3) is 6.93. The normalized spacial score (nSPS) is 15.8. The number of aromatic carboxylic acids is 1. The molecule has 0 amide bonds. The number of halogens is 3. The minimum Gasteiger partial charge on any atom is -0.491 e. The second-order valence-corrected chi connectivity index (χ2v) is 8.57. The lowest BCUT2D eigenvalue weighted by Crippen LogP contribution is -2.39. The second-order valence-electron chi connectivity index (χ2n) is 8.57. The molecule has 1 aliphatic heterocycles. The first-order valence-corrected chi connectivity index (χ1v) is 11.7. The number of fused-ring (bicyclic) bond motifs is 1. The van der Waals surface area contributed by atoms with Crippen molar-refractivity contribution in [2.75, 3.05) is 19.7 Å². The highest BCUT2D eigenvalue weighted by molar-refractivity contribution is 5.91. The zero-order valence-corrected chi connectivity index (χ0v) is 19.7. The fourth-order valence-corrected chi connectivity index (χ4v) is 3.96. The van der Waals surface area contributed by atoms with Crippen LogP contribution in [0, 0.1) is 0 Å². The maximum Gasteiger partial charge on any atom is 0.420 e. The Balaban J connectivity index is 1.33. The van der Waals surface area contributed by atoms with E-state index in [1.54, 1.807) is 12.1 Å². The standard InChI is InChI=1S/C27H26F3NO6/c28-27(29,30)23-8-4-7-22(26(33)34)25(23)37-20-11-12-24-17(13-20)9-10-21(36-24)15-31-14-18(32)16-35-19-5-2-1-3-6-19/h1-8,11-13,18,21,31-32H,9-10,14-16H2,(H,33,34)/t18-,21?/m0/s1. The van der Waals surface area contributed by atoms with Crippen LogP contribution in [0.2, 0.25) is 0 Å². The van der Waals surface area contributed by atoms with E-state index in [4.69, 9.17) is 14.2 Å². The molecule has 3 N–H and O–H groups in total. The number of benzene rings is 3. The van der Waals surface area contributed by atoms with Gasteiger partial charge in [-0.1, -0.05) is 24.3 Å². The van der Waals surface area contributed by atoms with E-state index in [0.29, 0.717) is 37.4 Å². The molecule has 4 rings (SSSR count). The van der Waals surface area contributed by atoms with E-state index in [-0.39, 0.29) is 18.5 Å². The van der Waals surface area contributed by atoms with Crippen LogP contribution >= 0.6 is 0 Å². The maximum absolute atomic E-state index is 13.5. The van der Waals surface area contributed by atoms with E-state index in [9.17, 15) is 28.2 Å². The van der Waals surface area contributed by atoms with Crippen LogP contribution in [0.25, 0.3) is 0 Å². The van der Waals surface area contributed by atoms with E-state index < -0.39 is 35.1 Å². The first kappa shape index (κ1) is 26.3. The van der Waals surface area contributed by atoms with Crippen molar-refractivity contribution in [1.29, 1.82) is 0 Å². The van der Waals surface area contributed by atoms with Crippen LogP contribution < -0.4 is 19.5 Å². The number of carboxylic acids is 1. The molecule has 1 heterocycles. The number of para-hydroxylation sites is 2. The lowest BCUT2D eigenvalue weighted by molar-refractivity contribution is -0.138. The predicted octanol–water partition coefficient (Wildman–Crippen LogP) is 4.92. The van der Waals surface area contributed by atoms with Gasteiger partial charge >= 0.3 is 12.1 Å². The summed E-state index contributed by atoms with van der Waals surface area (Å²) in [6, 6.07) is 16.7. The van der Waals surface area contributed by atoms with Gasteiger partial charge in [0.25, 0.3) is 0 Å². The Kier molecular flexibility index (Phi) is 8.20. The molecule has 0 saturated carbocycles. The minimum atomic E-state index is -4.78. The van der Waals surface area contributed by atoms with Crippen LogP contribution in [-0.2, 0) is 12.6 Å². The zero-order chi connectivity index (χ0) is 26.4. The van der Waals surface area contributed by atoms with E-state index in [2.05, 4.69) is 5.32 Å². The van der Waals surface area contributed by atoms with Crippen LogP contribution in [0.3, 0.4) is 0 Å². The molecule has 0 radical (unpaired) electrons. The Morgan fingerprint density at radius 2 is 1.86 bits per heavy atom. The average Bonchev–Trinajstić information content (AvgIpc) is 2.87. The smallest absolute Gasteiger partial charge is 0.420 e. The Bertz CT molecular complexity index is 1220. The summed E-state index contributed by atoms with van der Waals surface area (Å²) in [5, 5.41) is 22.6. The number of aliphatic hydroxyl groups excluding tert-OH is 1. The fraction of sp³-hybridized carbons (Fsp3) is 0.296. The molecule has 0 saturated heterocycles. The fourth-order valence-electron chi connectivity index (χ4n) is 3.96. The summed E-state index contributed by atoms with van der Waals surface area (Å²) in [6.07, 6.45) is -4.41. The highest BCUT2D eigenvalue weighted by Gasteiger charge is 2.36. The summed E-state index contributed by atoms with van der Waals surface area (Å²) in [5.41, 5.74) is -0.999. The number of hydrogen-bond acceptors (Lipinski definition) is 6. The van der Waals surface area contributed by atoms with Crippen molar-refractivity contribution in [3.63, 3.8) is 0 Å². The van der Waals surface area contributed by atoms with E-state index in [1.165, 1.54) is 6.07 Å². The van der Waals surface area contributed by atoms with Crippen LogP contribution in [-0.4, -0.2) is 48.1 Å². The maximum atomic E-state index is 13.5. The first-order chi connectivity index (χ1) is 17.7. The monoisotopic (exact) mass is 517 g/mol. The lowest BCUT2D eigenvalue weighted by Gasteiger charge is -2.27. The van der Waals surface area contributed by atoms with Gasteiger partial charge in [-0.2, -0.15) is 13.2 Å². The SMILES string of the molecule is O=C(O)c1cccc(C(F)(F)F)c1Oc1ccc2c(c1)CCC(CNC[C@H](O)COc1ccccc1)O2. The summed E-state index contributed by atoms with van der Waals surface area (Å²) >= 11 is 0. The van der Waals surface area contributed by atoms with Crippen molar-refractivity contribution in [2.24, 2.45) is 0 Å². The molecule has 0 aliphatic carbocycles. The van der Waals surface area contributed by atoms with Crippen molar-refractivity contribution in [3.05, 3.63) is 83.4 Å². The summed E-state index contributed by atoms with van der Waals surface area (Å²) in [5.74, 6) is -0.940.